The fourth-order valence-corrected chi connectivity index (χ4v) is 3.86. The molecule has 2 aliphatic carbocycles. The fraction of sp³-hybridized carbons (Fsp3) is 0.909. The Bertz CT molecular complexity index is 185. The van der Waals surface area contributed by atoms with E-state index in [2.05, 4.69) is 0 Å². The van der Waals surface area contributed by atoms with E-state index in [1.54, 1.807) is 0 Å². The largest absolute Gasteiger partial charge is 0.298 e. The van der Waals surface area contributed by atoms with Crippen LogP contribution in [0, 0.1) is 5.92 Å². The molecule has 0 bridgehead atoms. The molecular weight excluding hydrogens is 180 g/mol. The molecular formula is C11H18OS. The van der Waals surface area contributed by atoms with Gasteiger partial charge in [-0.2, -0.15) is 11.8 Å². The Morgan fingerprint density at radius 2 is 1.92 bits per heavy atom. The number of Topliss-reactive ketones (excluding diaryl/α,β-unsaturated/α-hetero) is 1. The minimum atomic E-state index is 0.376. The molecule has 2 saturated carbocycles. The summed E-state index contributed by atoms with van der Waals surface area (Å²) >= 11 is 1.94. The molecule has 13 heavy (non-hydrogen) atoms. The fourth-order valence-electron chi connectivity index (χ4n) is 2.39. The van der Waals surface area contributed by atoms with Crippen LogP contribution in [0.2, 0.25) is 0 Å². The molecule has 1 unspecified atom stereocenters. The van der Waals surface area contributed by atoms with Crippen molar-refractivity contribution < 1.29 is 4.79 Å². The second-order valence-corrected chi connectivity index (χ2v) is 5.57. The molecule has 2 aliphatic rings. The van der Waals surface area contributed by atoms with Crippen LogP contribution in [-0.4, -0.2) is 16.8 Å². The molecule has 0 N–H and O–H groups in total. The Kier molecular flexibility index (Phi) is 3.31. The van der Waals surface area contributed by atoms with Crippen molar-refractivity contribution in [3.05, 3.63) is 0 Å². The molecule has 2 heteroatoms. The first kappa shape index (κ1) is 9.57. The maximum absolute atomic E-state index is 11.4. The van der Waals surface area contributed by atoms with E-state index in [1.807, 2.05) is 11.8 Å². The zero-order valence-corrected chi connectivity index (χ0v) is 8.94. The number of thioether (sulfide) groups is 1. The van der Waals surface area contributed by atoms with E-state index >= 15 is 0 Å². The standard InChI is InChI=1S/C11H18OS/c12-10-6-3-7-11(10)13-8-9-4-1-2-5-9/h9,11H,1-8H2. The first-order valence-electron chi connectivity index (χ1n) is 5.50. The van der Waals surface area contributed by atoms with Gasteiger partial charge in [0.15, 0.2) is 0 Å². The molecule has 74 valence electrons. The van der Waals surface area contributed by atoms with Crippen LogP contribution in [0.4, 0.5) is 0 Å². The van der Waals surface area contributed by atoms with Crippen LogP contribution in [0.25, 0.3) is 0 Å². The molecule has 0 amide bonds. The second kappa shape index (κ2) is 4.50. The number of ketones is 1. The number of hydrogen-bond donors (Lipinski definition) is 0. The third-order valence-electron chi connectivity index (χ3n) is 3.26. The first-order valence-corrected chi connectivity index (χ1v) is 6.55. The maximum Gasteiger partial charge on any atom is 0.145 e. The molecule has 0 aliphatic heterocycles. The highest BCUT2D eigenvalue weighted by molar-refractivity contribution is 8.00. The molecule has 0 spiro atoms. The lowest BCUT2D eigenvalue weighted by Gasteiger charge is -2.11. The highest BCUT2D eigenvalue weighted by Gasteiger charge is 2.26. The highest BCUT2D eigenvalue weighted by atomic mass is 32.2. The summed E-state index contributed by atoms with van der Waals surface area (Å²) in [6.07, 6.45) is 8.80. The van der Waals surface area contributed by atoms with Gasteiger partial charge in [0, 0.05) is 6.42 Å². The van der Waals surface area contributed by atoms with Gasteiger partial charge in [0.1, 0.15) is 5.78 Å². The highest BCUT2D eigenvalue weighted by Crippen LogP contribution is 2.33. The van der Waals surface area contributed by atoms with Crippen LogP contribution in [0.1, 0.15) is 44.9 Å². The summed E-state index contributed by atoms with van der Waals surface area (Å²) in [5.41, 5.74) is 0. The Morgan fingerprint density at radius 1 is 1.15 bits per heavy atom. The van der Waals surface area contributed by atoms with E-state index in [-0.39, 0.29) is 0 Å². The summed E-state index contributed by atoms with van der Waals surface area (Å²) in [7, 11) is 0. The zero-order chi connectivity index (χ0) is 9.10. The molecule has 2 fully saturated rings. The lowest BCUT2D eigenvalue weighted by molar-refractivity contribution is -0.116. The smallest absolute Gasteiger partial charge is 0.145 e. The van der Waals surface area contributed by atoms with Crippen molar-refractivity contribution >= 4 is 17.5 Å². The molecule has 0 aromatic heterocycles. The monoisotopic (exact) mass is 198 g/mol. The molecule has 2 rings (SSSR count). The van der Waals surface area contributed by atoms with Gasteiger partial charge >= 0.3 is 0 Å². The topological polar surface area (TPSA) is 17.1 Å². The van der Waals surface area contributed by atoms with Crippen LogP contribution in [-0.2, 0) is 4.79 Å². The lowest BCUT2D eigenvalue weighted by atomic mass is 10.1. The van der Waals surface area contributed by atoms with Crippen LogP contribution < -0.4 is 0 Å². The van der Waals surface area contributed by atoms with E-state index in [4.69, 9.17) is 0 Å². The van der Waals surface area contributed by atoms with Crippen LogP contribution in [0.15, 0.2) is 0 Å². The minimum absolute atomic E-state index is 0.376. The number of carbonyl (C=O) groups excluding carboxylic acids is 1. The molecule has 0 aromatic carbocycles. The van der Waals surface area contributed by atoms with Crippen molar-refractivity contribution in [2.24, 2.45) is 5.92 Å². The third kappa shape index (κ3) is 2.49. The summed E-state index contributed by atoms with van der Waals surface area (Å²) in [6, 6.07) is 0. The molecule has 0 saturated heterocycles. The first-order chi connectivity index (χ1) is 6.36. The Balaban J connectivity index is 1.69. The average Bonchev–Trinajstić information content (AvgIpc) is 2.72. The SMILES string of the molecule is O=C1CCCC1SCC1CCCC1. The van der Waals surface area contributed by atoms with Gasteiger partial charge in [-0.1, -0.05) is 12.8 Å². The van der Waals surface area contributed by atoms with Crippen molar-refractivity contribution in [1.29, 1.82) is 0 Å². The summed E-state index contributed by atoms with van der Waals surface area (Å²) < 4.78 is 0. The van der Waals surface area contributed by atoms with Crippen LogP contribution >= 0.6 is 11.8 Å². The Hall–Kier alpha value is 0.0200. The van der Waals surface area contributed by atoms with Gasteiger partial charge in [-0.3, -0.25) is 4.79 Å². The summed E-state index contributed by atoms with van der Waals surface area (Å²) in [4.78, 5) is 11.4. The molecule has 1 atom stereocenters. The maximum atomic E-state index is 11.4. The normalized spacial score (nSPS) is 30.2. The Morgan fingerprint density at radius 3 is 2.54 bits per heavy atom. The third-order valence-corrected chi connectivity index (χ3v) is 4.82. The van der Waals surface area contributed by atoms with E-state index in [9.17, 15) is 4.79 Å². The molecule has 0 radical (unpaired) electrons. The van der Waals surface area contributed by atoms with E-state index in [1.165, 1.54) is 31.4 Å². The van der Waals surface area contributed by atoms with Crippen LogP contribution in [0.3, 0.4) is 0 Å². The van der Waals surface area contributed by atoms with Gasteiger partial charge in [-0.15, -0.1) is 0 Å². The lowest BCUT2D eigenvalue weighted by Crippen LogP contribution is -2.11. The van der Waals surface area contributed by atoms with Crippen molar-refractivity contribution in [3.8, 4) is 0 Å². The van der Waals surface area contributed by atoms with Crippen molar-refractivity contribution in [3.63, 3.8) is 0 Å². The number of carbonyl (C=O) groups is 1. The van der Waals surface area contributed by atoms with Crippen LogP contribution in [0.5, 0.6) is 0 Å². The van der Waals surface area contributed by atoms with Gasteiger partial charge in [0.2, 0.25) is 0 Å². The summed E-state index contributed by atoms with van der Waals surface area (Å²) in [6.45, 7) is 0. The molecule has 0 aromatic rings. The van der Waals surface area contributed by atoms with Gasteiger partial charge in [-0.05, 0) is 37.4 Å². The van der Waals surface area contributed by atoms with E-state index in [0.717, 1.165) is 25.2 Å². The van der Waals surface area contributed by atoms with Crippen molar-refractivity contribution in [1.82, 2.24) is 0 Å². The predicted molar refractivity (Wildman–Crippen MR) is 57.1 cm³/mol. The van der Waals surface area contributed by atoms with Crippen molar-refractivity contribution in [2.75, 3.05) is 5.75 Å². The van der Waals surface area contributed by atoms with Gasteiger partial charge in [0.05, 0.1) is 5.25 Å². The predicted octanol–water partition coefficient (Wildman–Crippen LogP) is 3.03. The minimum Gasteiger partial charge on any atom is -0.298 e. The van der Waals surface area contributed by atoms with Gasteiger partial charge in [0.25, 0.3) is 0 Å². The second-order valence-electron chi connectivity index (χ2n) is 4.33. The Labute approximate surface area is 84.7 Å². The van der Waals surface area contributed by atoms with E-state index < -0.39 is 0 Å². The summed E-state index contributed by atoms with van der Waals surface area (Å²) in [5.74, 6) is 2.69. The van der Waals surface area contributed by atoms with Gasteiger partial charge < -0.3 is 0 Å². The zero-order valence-electron chi connectivity index (χ0n) is 8.13. The van der Waals surface area contributed by atoms with Crippen molar-refractivity contribution in [2.45, 2.75) is 50.2 Å². The number of hydrogen-bond acceptors (Lipinski definition) is 2. The average molecular weight is 198 g/mol. The van der Waals surface area contributed by atoms with E-state index in [0.29, 0.717) is 11.0 Å². The van der Waals surface area contributed by atoms with Gasteiger partial charge in [-0.25, -0.2) is 0 Å². The quantitative estimate of drug-likeness (QED) is 0.693. The molecule has 0 heterocycles. The number of rotatable bonds is 3. The summed E-state index contributed by atoms with van der Waals surface area (Å²) in [5, 5.41) is 0.376. The molecule has 1 nitrogen and oxygen atoms in total.